The molecule has 0 heterocycles. The van der Waals surface area contributed by atoms with E-state index in [9.17, 15) is 4.39 Å². The summed E-state index contributed by atoms with van der Waals surface area (Å²) in [4.78, 5) is 0. The second-order valence-electron chi connectivity index (χ2n) is 2.87. The molecule has 0 saturated carbocycles. The van der Waals surface area contributed by atoms with Crippen molar-refractivity contribution in [3.05, 3.63) is 45.3 Å². The molecule has 70 valence electrons. The lowest BCUT2D eigenvalue weighted by Gasteiger charge is -2.09. The predicted octanol–water partition coefficient (Wildman–Crippen LogP) is 2.92. The largest absolute Gasteiger partial charge is 0.321 e. The third-order valence-electron chi connectivity index (χ3n) is 1.94. The average molecular weight is 291 g/mol. The van der Waals surface area contributed by atoms with Crippen molar-refractivity contribution in [2.45, 2.75) is 13.0 Å². The van der Waals surface area contributed by atoms with Gasteiger partial charge in [-0.2, -0.15) is 0 Å². The third kappa shape index (κ3) is 2.28. The Morgan fingerprint density at radius 3 is 2.69 bits per heavy atom. The van der Waals surface area contributed by atoms with Gasteiger partial charge in [0.05, 0.1) is 0 Å². The molecule has 0 aliphatic carbocycles. The van der Waals surface area contributed by atoms with Crippen molar-refractivity contribution in [3.8, 4) is 0 Å². The number of rotatable bonds is 2. The molecule has 0 bridgehead atoms. The van der Waals surface area contributed by atoms with E-state index >= 15 is 0 Å². The molecule has 1 aromatic carbocycles. The quantitative estimate of drug-likeness (QED) is 0.658. The molecule has 13 heavy (non-hydrogen) atoms. The van der Waals surface area contributed by atoms with Gasteiger partial charge in [-0.05, 0) is 52.8 Å². The first-order chi connectivity index (χ1) is 6.06. The van der Waals surface area contributed by atoms with E-state index in [-0.39, 0.29) is 11.9 Å². The van der Waals surface area contributed by atoms with Crippen molar-refractivity contribution in [2.24, 2.45) is 5.73 Å². The average Bonchev–Trinajstić information content (AvgIpc) is 2.12. The van der Waals surface area contributed by atoms with Gasteiger partial charge >= 0.3 is 0 Å². The van der Waals surface area contributed by atoms with E-state index in [4.69, 9.17) is 5.73 Å². The Hall–Kier alpha value is -0.420. The molecule has 0 aliphatic rings. The number of hydrogen-bond acceptors (Lipinski definition) is 1. The Morgan fingerprint density at radius 1 is 1.62 bits per heavy atom. The van der Waals surface area contributed by atoms with Gasteiger partial charge in [-0.15, -0.1) is 6.58 Å². The van der Waals surface area contributed by atoms with Crippen LogP contribution in [0.4, 0.5) is 4.39 Å². The van der Waals surface area contributed by atoms with Crippen molar-refractivity contribution < 1.29 is 4.39 Å². The maximum atomic E-state index is 13.2. The Kier molecular flexibility index (Phi) is 3.44. The molecule has 1 rings (SSSR count). The molecule has 1 atom stereocenters. The predicted molar refractivity (Wildman–Crippen MR) is 61.0 cm³/mol. The fraction of sp³-hybridized carbons (Fsp3) is 0.200. The first kappa shape index (κ1) is 10.7. The lowest BCUT2D eigenvalue weighted by Crippen LogP contribution is -2.07. The second kappa shape index (κ2) is 4.19. The van der Waals surface area contributed by atoms with E-state index in [1.807, 2.05) is 6.07 Å². The minimum Gasteiger partial charge on any atom is -0.321 e. The van der Waals surface area contributed by atoms with E-state index in [0.29, 0.717) is 5.56 Å². The maximum absolute atomic E-state index is 13.2. The Labute approximate surface area is 91.0 Å². The molecule has 0 spiro atoms. The van der Waals surface area contributed by atoms with Crippen molar-refractivity contribution in [1.82, 2.24) is 0 Å². The van der Waals surface area contributed by atoms with Crippen LogP contribution in [0.25, 0.3) is 0 Å². The fourth-order valence-corrected chi connectivity index (χ4v) is 1.61. The number of hydrogen-bond donors (Lipinski definition) is 1. The van der Waals surface area contributed by atoms with Crippen molar-refractivity contribution >= 4 is 22.6 Å². The minimum atomic E-state index is -0.288. The molecule has 0 amide bonds. The van der Waals surface area contributed by atoms with Crippen LogP contribution in [-0.4, -0.2) is 0 Å². The zero-order valence-corrected chi connectivity index (χ0v) is 9.51. The summed E-state index contributed by atoms with van der Waals surface area (Å²) in [6.45, 7) is 5.32. The van der Waals surface area contributed by atoms with Crippen LogP contribution in [0.1, 0.15) is 17.2 Å². The van der Waals surface area contributed by atoms with Gasteiger partial charge in [-0.1, -0.05) is 6.08 Å². The Morgan fingerprint density at radius 2 is 2.23 bits per heavy atom. The Balaban J connectivity index is 3.20. The highest BCUT2D eigenvalue weighted by molar-refractivity contribution is 14.1. The van der Waals surface area contributed by atoms with Crippen molar-refractivity contribution in [3.63, 3.8) is 0 Å². The highest BCUT2D eigenvalue weighted by Crippen LogP contribution is 2.21. The molecule has 0 radical (unpaired) electrons. The van der Waals surface area contributed by atoms with Crippen LogP contribution in [-0.2, 0) is 0 Å². The van der Waals surface area contributed by atoms with E-state index in [1.54, 1.807) is 13.0 Å². The standard InChI is InChI=1S/C10H11FIN/c1-3-10(13)7-4-8(11)6(2)9(12)5-7/h3-5,10H,1,13H2,2H3/t10-/m1/s1. The van der Waals surface area contributed by atoms with Gasteiger partial charge in [0.25, 0.3) is 0 Å². The van der Waals surface area contributed by atoms with Gasteiger partial charge in [-0.3, -0.25) is 0 Å². The summed E-state index contributed by atoms with van der Waals surface area (Å²) in [7, 11) is 0. The molecule has 0 aliphatic heterocycles. The summed E-state index contributed by atoms with van der Waals surface area (Å²) in [6, 6.07) is 3.05. The maximum Gasteiger partial charge on any atom is 0.127 e. The summed E-state index contributed by atoms with van der Waals surface area (Å²) in [6.07, 6.45) is 1.60. The molecule has 0 saturated heterocycles. The molecule has 3 heteroatoms. The Bertz CT molecular complexity index is 313. The van der Waals surface area contributed by atoms with Gasteiger partial charge < -0.3 is 5.73 Å². The summed E-state index contributed by atoms with van der Waals surface area (Å²) in [5.74, 6) is -0.209. The van der Waals surface area contributed by atoms with Gasteiger partial charge in [0.2, 0.25) is 0 Å². The molecule has 0 unspecified atom stereocenters. The highest BCUT2D eigenvalue weighted by atomic mass is 127. The van der Waals surface area contributed by atoms with Crippen LogP contribution in [0.2, 0.25) is 0 Å². The van der Waals surface area contributed by atoms with Gasteiger partial charge in [0.15, 0.2) is 0 Å². The van der Waals surface area contributed by atoms with Crippen LogP contribution in [0.3, 0.4) is 0 Å². The number of halogens is 2. The molecule has 0 aromatic heterocycles. The molecular formula is C10H11FIN. The van der Waals surface area contributed by atoms with Crippen LogP contribution in [0.5, 0.6) is 0 Å². The van der Waals surface area contributed by atoms with Gasteiger partial charge in [-0.25, -0.2) is 4.39 Å². The fourth-order valence-electron chi connectivity index (χ4n) is 0.993. The molecule has 1 nitrogen and oxygen atoms in total. The first-order valence-corrected chi connectivity index (χ1v) is 4.98. The molecule has 0 fully saturated rings. The molecule has 1 aromatic rings. The van der Waals surface area contributed by atoms with Crippen molar-refractivity contribution in [2.75, 3.05) is 0 Å². The van der Waals surface area contributed by atoms with Gasteiger partial charge in [0.1, 0.15) is 5.82 Å². The lowest BCUT2D eigenvalue weighted by molar-refractivity contribution is 0.613. The molecule has 2 N–H and O–H groups in total. The first-order valence-electron chi connectivity index (χ1n) is 3.90. The second-order valence-corrected chi connectivity index (χ2v) is 4.03. The minimum absolute atomic E-state index is 0.209. The SMILES string of the molecule is C=C[C@@H](N)c1cc(F)c(C)c(I)c1. The smallest absolute Gasteiger partial charge is 0.127 e. The molecular weight excluding hydrogens is 280 g/mol. The zero-order valence-electron chi connectivity index (χ0n) is 7.35. The van der Waals surface area contributed by atoms with Crippen LogP contribution >= 0.6 is 22.6 Å². The lowest BCUT2D eigenvalue weighted by atomic mass is 10.1. The van der Waals surface area contributed by atoms with Gasteiger partial charge in [0, 0.05) is 9.61 Å². The van der Waals surface area contributed by atoms with E-state index in [2.05, 4.69) is 29.2 Å². The summed E-state index contributed by atoms with van der Waals surface area (Å²) >= 11 is 2.10. The highest BCUT2D eigenvalue weighted by Gasteiger charge is 2.08. The summed E-state index contributed by atoms with van der Waals surface area (Å²) in [5, 5.41) is 0. The van der Waals surface area contributed by atoms with Crippen molar-refractivity contribution in [1.29, 1.82) is 0 Å². The normalized spacial score (nSPS) is 12.6. The number of nitrogens with two attached hydrogens (primary N) is 1. The zero-order chi connectivity index (χ0) is 10.0. The topological polar surface area (TPSA) is 26.0 Å². The summed E-state index contributed by atoms with van der Waals surface area (Å²) < 4.78 is 14.1. The van der Waals surface area contributed by atoms with Crippen LogP contribution in [0, 0.1) is 16.3 Å². The van der Waals surface area contributed by atoms with E-state index in [0.717, 1.165) is 9.13 Å². The monoisotopic (exact) mass is 291 g/mol. The summed E-state index contributed by atoms with van der Waals surface area (Å²) in [5.41, 5.74) is 7.13. The van der Waals surface area contributed by atoms with Crippen LogP contribution < -0.4 is 5.73 Å². The van der Waals surface area contributed by atoms with Crippen LogP contribution in [0.15, 0.2) is 24.8 Å². The van der Waals surface area contributed by atoms with E-state index < -0.39 is 0 Å². The third-order valence-corrected chi connectivity index (χ3v) is 3.06. The number of benzene rings is 1. The van der Waals surface area contributed by atoms with E-state index in [1.165, 1.54) is 6.07 Å².